The van der Waals surface area contributed by atoms with E-state index in [9.17, 15) is 4.79 Å². The zero-order chi connectivity index (χ0) is 19.8. The molecule has 1 aliphatic rings. The summed E-state index contributed by atoms with van der Waals surface area (Å²) in [4.78, 5) is 16.7. The molecule has 0 saturated carbocycles. The number of rotatable bonds is 4. The number of carbonyl (C=O) groups excluding carboxylic acids is 1. The van der Waals surface area contributed by atoms with E-state index < -0.39 is 0 Å². The highest BCUT2D eigenvalue weighted by Crippen LogP contribution is 2.28. The Kier molecular flexibility index (Phi) is 5.10. The van der Waals surface area contributed by atoms with Crippen LogP contribution in [0.3, 0.4) is 0 Å². The lowest BCUT2D eigenvalue weighted by atomic mass is 9.99. The number of thiazole rings is 1. The van der Waals surface area contributed by atoms with Gasteiger partial charge in [-0.2, -0.15) is 0 Å². The van der Waals surface area contributed by atoms with Gasteiger partial charge in [-0.1, -0.05) is 32.1 Å². The maximum atomic E-state index is 12.8. The molecule has 0 aliphatic carbocycles. The molecule has 0 atom stereocenters. The van der Waals surface area contributed by atoms with Gasteiger partial charge in [0, 0.05) is 36.1 Å². The van der Waals surface area contributed by atoms with Gasteiger partial charge in [-0.15, -0.1) is 10.2 Å². The summed E-state index contributed by atoms with van der Waals surface area (Å²) >= 11 is 1.38. The number of aryl methyl sites for hydroxylation is 1. The predicted octanol–water partition coefficient (Wildman–Crippen LogP) is 4.71. The number of nitrogens with one attached hydrogen (secondary N) is 1. The lowest BCUT2D eigenvalue weighted by Gasteiger charge is -2.32. The Labute approximate surface area is 169 Å². The summed E-state index contributed by atoms with van der Waals surface area (Å²) in [5.41, 5.74) is 2.93. The number of nitrogens with zero attached hydrogens (tertiary/aromatic N) is 4. The van der Waals surface area contributed by atoms with Crippen LogP contribution >= 0.6 is 11.3 Å². The molecular weight excluding hydrogens is 370 g/mol. The van der Waals surface area contributed by atoms with E-state index in [1.54, 1.807) is 0 Å². The second-order valence-electron chi connectivity index (χ2n) is 8.02. The van der Waals surface area contributed by atoms with Gasteiger partial charge < -0.3 is 10.2 Å². The molecular formula is C21H27N5OS. The molecule has 0 spiro atoms. The van der Waals surface area contributed by atoms with E-state index in [0.29, 0.717) is 4.88 Å². The van der Waals surface area contributed by atoms with Crippen molar-refractivity contribution in [3.05, 3.63) is 40.7 Å². The number of aromatic nitrogens is 3. The molecule has 1 aromatic carbocycles. The zero-order valence-electron chi connectivity index (χ0n) is 16.9. The Morgan fingerprint density at radius 3 is 2.50 bits per heavy atom. The molecule has 3 aromatic rings. The fourth-order valence-corrected chi connectivity index (χ4v) is 4.69. The van der Waals surface area contributed by atoms with E-state index in [1.165, 1.54) is 29.9 Å². The first-order valence-corrected chi connectivity index (χ1v) is 10.8. The molecule has 7 heteroatoms. The molecule has 3 heterocycles. The van der Waals surface area contributed by atoms with Crippen LogP contribution in [0.5, 0.6) is 0 Å². The van der Waals surface area contributed by atoms with E-state index in [2.05, 4.69) is 53.3 Å². The van der Waals surface area contributed by atoms with Crippen molar-refractivity contribution in [2.24, 2.45) is 5.92 Å². The molecule has 1 N–H and O–H groups in total. The summed E-state index contributed by atoms with van der Waals surface area (Å²) in [5, 5.41) is 11.5. The smallest absolute Gasteiger partial charge is 0.267 e. The topological polar surface area (TPSA) is 62.5 Å². The molecule has 1 amide bonds. The molecule has 28 heavy (non-hydrogen) atoms. The fraction of sp³-hybridized carbons (Fsp3) is 0.476. The Balaban J connectivity index is 1.49. The van der Waals surface area contributed by atoms with Crippen molar-refractivity contribution >= 4 is 33.6 Å². The van der Waals surface area contributed by atoms with Crippen LogP contribution in [0.1, 0.15) is 60.7 Å². The van der Waals surface area contributed by atoms with Gasteiger partial charge >= 0.3 is 0 Å². The summed E-state index contributed by atoms with van der Waals surface area (Å²) in [5.74, 6) is 1.87. The van der Waals surface area contributed by atoms with Crippen LogP contribution in [0.25, 0.3) is 4.96 Å². The van der Waals surface area contributed by atoms with Crippen molar-refractivity contribution in [1.82, 2.24) is 14.6 Å². The van der Waals surface area contributed by atoms with Crippen LogP contribution in [0.15, 0.2) is 24.3 Å². The second kappa shape index (κ2) is 7.54. The number of amides is 1. The van der Waals surface area contributed by atoms with E-state index >= 15 is 0 Å². The SMILES string of the molecule is Cc1c(C(=O)Nc2ccc(N3CCC(C)CC3)cc2)sc2nnc(C(C)C)n12. The molecule has 4 rings (SSSR count). The number of benzene rings is 1. The van der Waals surface area contributed by atoms with Crippen LogP contribution in [0.2, 0.25) is 0 Å². The normalized spacial score (nSPS) is 15.5. The van der Waals surface area contributed by atoms with Crippen molar-refractivity contribution in [1.29, 1.82) is 0 Å². The van der Waals surface area contributed by atoms with E-state index in [1.807, 2.05) is 23.5 Å². The van der Waals surface area contributed by atoms with Crippen molar-refractivity contribution in [2.45, 2.75) is 46.5 Å². The summed E-state index contributed by atoms with van der Waals surface area (Å²) in [6, 6.07) is 8.17. The standard InChI is InChI=1S/C21H27N5OS/c1-13(2)19-23-24-21-26(19)15(4)18(28-21)20(27)22-16-5-7-17(8-6-16)25-11-9-14(3)10-12-25/h5-8,13-14H,9-12H2,1-4H3,(H,22,27). The molecule has 0 unspecified atom stereocenters. The van der Waals surface area contributed by atoms with Crippen LogP contribution < -0.4 is 10.2 Å². The van der Waals surface area contributed by atoms with Gasteiger partial charge in [-0.3, -0.25) is 9.20 Å². The van der Waals surface area contributed by atoms with Gasteiger partial charge in [0.15, 0.2) is 0 Å². The molecule has 0 radical (unpaired) electrons. The van der Waals surface area contributed by atoms with Gasteiger partial charge in [-0.25, -0.2) is 0 Å². The Hall–Kier alpha value is -2.41. The van der Waals surface area contributed by atoms with Crippen molar-refractivity contribution in [3.8, 4) is 0 Å². The highest BCUT2D eigenvalue weighted by Gasteiger charge is 2.21. The predicted molar refractivity (Wildman–Crippen MR) is 115 cm³/mol. The van der Waals surface area contributed by atoms with Crippen LogP contribution in [-0.4, -0.2) is 33.6 Å². The highest BCUT2D eigenvalue weighted by molar-refractivity contribution is 7.19. The minimum Gasteiger partial charge on any atom is -0.372 e. The Morgan fingerprint density at radius 1 is 1.18 bits per heavy atom. The number of piperidine rings is 1. The Morgan fingerprint density at radius 2 is 1.86 bits per heavy atom. The number of fused-ring (bicyclic) bond motifs is 1. The summed E-state index contributed by atoms with van der Waals surface area (Å²) in [7, 11) is 0. The molecule has 1 saturated heterocycles. The highest BCUT2D eigenvalue weighted by atomic mass is 32.1. The summed E-state index contributed by atoms with van der Waals surface area (Å²) in [6.07, 6.45) is 2.48. The number of hydrogen-bond donors (Lipinski definition) is 1. The number of anilines is 2. The quantitative estimate of drug-likeness (QED) is 0.692. The minimum atomic E-state index is -0.0951. The fourth-order valence-electron chi connectivity index (χ4n) is 3.72. The molecule has 148 valence electrons. The first kappa shape index (κ1) is 18.9. The van der Waals surface area contributed by atoms with Crippen LogP contribution in [0.4, 0.5) is 11.4 Å². The lowest BCUT2D eigenvalue weighted by molar-refractivity contribution is 0.102. The monoisotopic (exact) mass is 397 g/mol. The maximum Gasteiger partial charge on any atom is 0.267 e. The maximum absolute atomic E-state index is 12.8. The van der Waals surface area contributed by atoms with Crippen molar-refractivity contribution in [3.63, 3.8) is 0 Å². The Bertz CT molecular complexity index is 980. The van der Waals surface area contributed by atoms with Crippen molar-refractivity contribution < 1.29 is 4.79 Å². The number of carbonyl (C=O) groups is 1. The number of hydrogen-bond acceptors (Lipinski definition) is 5. The molecule has 6 nitrogen and oxygen atoms in total. The third-order valence-corrected chi connectivity index (χ3v) is 6.64. The van der Waals surface area contributed by atoms with Crippen molar-refractivity contribution in [2.75, 3.05) is 23.3 Å². The summed E-state index contributed by atoms with van der Waals surface area (Å²) in [6.45, 7) is 10.6. The van der Waals surface area contributed by atoms with Crippen LogP contribution in [-0.2, 0) is 0 Å². The van der Waals surface area contributed by atoms with Crippen LogP contribution in [0, 0.1) is 12.8 Å². The van der Waals surface area contributed by atoms with Gasteiger partial charge in [-0.05, 0) is 49.9 Å². The lowest BCUT2D eigenvalue weighted by Crippen LogP contribution is -2.32. The first-order chi connectivity index (χ1) is 13.4. The third kappa shape index (κ3) is 3.51. The van der Waals surface area contributed by atoms with E-state index in [-0.39, 0.29) is 11.8 Å². The van der Waals surface area contributed by atoms with Gasteiger partial charge in [0.1, 0.15) is 10.7 Å². The second-order valence-corrected chi connectivity index (χ2v) is 9.00. The van der Waals surface area contributed by atoms with E-state index in [0.717, 1.165) is 41.2 Å². The average molecular weight is 398 g/mol. The first-order valence-electron chi connectivity index (χ1n) is 9.95. The molecule has 1 aliphatic heterocycles. The average Bonchev–Trinajstić information content (AvgIpc) is 3.24. The molecule has 1 fully saturated rings. The third-order valence-electron chi connectivity index (χ3n) is 5.51. The van der Waals surface area contributed by atoms with Gasteiger partial charge in [0.25, 0.3) is 5.91 Å². The zero-order valence-corrected chi connectivity index (χ0v) is 17.7. The molecule has 0 bridgehead atoms. The van der Waals surface area contributed by atoms with E-state index in [4.69, 9.17) is 0 Å². The summed E-state index contributed by atoms with van der Waals surface area (Å²) < 4.78 is 1.99. The molecule has 2 aromatic heterocycles. The van der Waals surface area contributed by atoms with Gasteiger partial charge in [0.2, 0.25) is 4.96 Å². The van der Waals surface area contributed by atoms with Gasteiger partial charge in [0.05, 0.1) is 0 Å². The minimum absolute atomic E-state index is 0.0951. The largest absolute Gasteiger partial charge is 0.372 e.